The molecule has 0 aliphatic carbocycles. The van der Waals surface area contributed by atoms with E-state index in [1.54, 1.807) is 11.3 Å². The third-order valence-electron chi connectivity index (χ3n) is 2.55. The zero-order valence-electron chi connectivity index (χ0n) is 8.79. The van der Waals surface area contributed by atoms with E-state index in [0.717, 1.165) is 35.5 Å². The first kappa shape index (κ1) is 11.2. The van der Waals surface area contributed by atoms with Crippen LogP contribution in [0.5, 0.6) is 0 Å². The van der Waals surface area contributed by atoms with Crippen molar-refractivity contribution < 1.29 is 0 Å². The van der Waals surface area contributed by atoms with E-state index in [1.807, 2.05) is 12.1 Å². The highest BCUT2D eigenvalue weighted by atomic mass is 35.5. The highest BCUT2D eigenvalue weighted by Gasteiger charge is 2.15. The van der Waals surface area contributed by atoms with Gasteiger partial charge >= 0.3 is 0 Å². The fraction of sp³-hybridized carbons (Fsp3) is 0.600. The highest BCUT2D eigenvalue weighted by molar-refractivity contribution is 7.19. The minimum absolute atomic E-state index is 0.532. The Morgan fingerprint density at radius 3 is 3.20 bits per heavy atom. The molecule has 1 aliphatic rings. The van der Waals surface area contributed by atoms with Crippen molar-refractivity contribution in [3.05, 3.63) is 16.5 Å². The summed E-state index contributed by atoms with van der Waals surface area (Å²) in [6.45, 7) is 4.28. The molecule has 5 heteroatoms. The lowest BCUT2D eigenvalue weighted by Crippen LogP contribution is -2.51. The smallest absolute Gasteiger partial charge is 0.0950 e. The molecule has 0 bridgehead atoms. The lowest BCUT2D eigenvalue weighted by molar-refractivity contribution is 0.244. The van der Waals surface area contributed by atoms with Crippen LogP contribution in [0.4, 0.5) is 5.00 Å². The molecule has 0 aromatic carbocycles. The van der Waals surface area contributed by atoms with Gasteiger partial charge in [-0.3, -0.25) is 0 Å². The van der Waals surface area contributed by atoms with Crippen molar-refractivity contribution in [1.82, 2.24) is 10.2 Å². The maximum atomic E-state index is 5.86. The van der Waals surface area contributed by atoms with Gasteiger partial charge in [-0.1, -0.05) is 11.6 Å². The van der Waals surface area contributed by atoms with Crippen LogP contribution in [-0.2, 0) is 0 Å². The van der Waals surface area contributed by atoms with Crippen LogP contribution in [0.1, 0.15) is 0 Å². The number of nitrogens with one attached hydrogen (secondary N) is 2. The third kappa shape index (κ3) is 3.34. The topological polar surface area (TPSA) is 27.3 Å². The third-order valence-corrected chi connectivity index (χ3v) is 3.74. The second-order valence-corrected chi connectivity index (χ2v) is 5.61. The van der Waals surface area contributed by atoms with Gasteiger partial charge in [-0.05, 0) is 19.2 Å². The van der Waals surface area contributed by atoms with Gasteiger partial charge in [0.05, 0.1) is 9.34 Å². The van der Waals surface area contributed by atoms with E-state index < -0.39 is 0 Å². The molecule has 0 radical (unpaired) electrons. The van der Waals surface area contributed by atoms with Gasteiger partial charge in [0.1, 0.15) is 0 Å². The van der Waals surface area contributed by atoms with Gasteiger partial charge in [-0.25, -0.2) is 0 Å². The van der Waals surface area contributed by atoms with Crippen molar-refractivity contribution >= 4 is 27.9 Å². The molecule has 0 spiro atoms. The Hall–Kier alpha value is -0.290. The number of hydrogen-bond donors (Lipinski definition) is 2. The molecule has 1 aliphatic heterocycles. The summed E-state index contributed by atoms with van der Waals surface area (Å²) >= 11 is 7.45. The minimum Gasteiger partial charge on any atom is -0.375 e. The predicted molar refractivity (Wildman–Crippen MR) is 67.1 cm³/mol. The maximum absolute atomic E-state index is 5.86. The van der Waals surface area contributed by atoms with Crippen LogP contribution >= 0.6 is 22.9 Å². The standard InChI is InChI=1S/C10H16ClN3S/c1-14-5-4-12-8(7-14)6-13-10-3-2-9(11)15-10/h2-3,8,12-13H,4-7H2,1H3. The Morgan fingerprint density at radius 1 is 1.67 bits per heavy atom. The SMILES string of the molecule is CN1CCNC(CNc2ccc(Cl)s2)C1. The molecule has 1 aromatic heterocycles. The molecule has 2 N–H and O–H groups in total. The van der Waals surface area contributed by atoms with Gasteiger partial charge in [-0.2, -0.15) is 0 Å². The summed E-state index contributed by atoms with van der Waals surface area (Å²) < 4.78 is 0.839. The van der Waals surface area contributed by atoms with Gasteiger partial charge in [0.2, 0.25) is 0 Å². The van der Waals surface area contributed by atoms with E-state index in [2.05, 4.69) is 22.6 Å². The molecule has 15 heavy (non-hydrogen) atoms. The lowest BCUT2D eigenvalue weighted by Gasteiger charge is -2.31. The maximum Gasteiger partial charge on any atom is 0.0950 e. The summed E-state index contributed by atoms with van der Waals surface area (Å²) in [5.41, 5.74) is 0. The quantitative estimate of drug-likeness (QED) is 0.849. The Bertz CT molecular complexity index is 315. The van der Waals surface area contributed by atoms with Gasteiger partial charge in [-0.15, -0.1) is 11.3 Å². The summed E-state index contributed by atoms with van der Waals surface area (Å²) in [5, 5.41) is 8.04. The van der Waals surface area contributed by atoms with E-state index in [4.69, 9.17) is 11.6 Å². The molecular formula is C10H16ClN3S. The molecule has 3 nitrogen and oxygen atoms in total. The number of halogens is 1. The molecule has 1 fully saturated rings. The van der Waals surface area contributed by atoms with Crippen molar-refractivity contribution in [2.45, 2.75) is 6.04 Å². The van der Waals surface area contributed by atoms with E-state index in [9.17, 15) is 0 Å². The average molecular weight is 246 g/mol. The number of piperazine rings is 1. The molecule has 0 amide bonds. The molecular weight excluding hydrogens is 230 g/mol. The van der Waals surface area contributed by atoms with Crippen LogP contribution < -0.4 is 10.6 Å². The molecule has 84 valence electrons. The first-order valence-electron chi connectivity index (χ1n) is 5.15. The van der Waals surface area contributed by atoms with Crippen LogP contribution in [0.15, 0.2) is 12.1 Å². The fourth-order valence-electron chi connectivity index (χ4n) is 1.76. The average Bonchev–Trinajstić information content (AvgIpc) is 2.62. The van der Waals surface area contributed by atoms with Crippen molar-refractivity contribution in [3.63, 3.8) is 0 Å². The summed E-state index contributed by atoms with van der Waals surface area (Å²) in [5.74, 6) is 0. The summed E-state index contributed by atoms with van der Waals surface area (Å²) in [6.07, 6.45) is 0. The zero-order valence-corrected chi connectivity index (χ0v) is 10.4. The second-order valence-electron chi connectivity index (χ2n) is 3.90. The summed E-state index contributed by atoms with van der Waals surface area (Å²) in [7, 11) is 2.16. The molecule has 0 saturated carbocycles. The van der Waals surface area contributed by atoms with Crippen LogP contribution in [0.2, 0.25) is 4.34 Å². The number of nitrogens with zero attached hydrogens (tertiary/aromatic N) is 1. The number of rotatable bonds is 3. The Labute approximate surface area is 99.4 Å². The van der Waals surface area contributed by atoms with Gasteiger partial charge < -0.3 is 15.5 Å². The van der Waals surface area contributed by atoms with Crippen LogP contribution in [0.3, 0.4) is 0 Å². The molecule has 2 rings (SSSR count). The predicted octanol–water partition coefficient (Wildman–Crippen LogP) is 1.72. The minimum atomic E-state index is 0.532. The largest absolute Gasteiger partial charge is 0.375 e. The van der Waals surface area contributed by atoms with Gasteiger partial charge in [0, 0.05) is 32.2 Å². The van der Waals surface area contributed by atoms with E-state index in [-0.39, 0.29) is 0 Å². The van der Waals surface area contributed by atoms with Crippen molar-refractivity contribution in [3.8, 4) is 0 Å². The molecule has 1 unspecified atom stereocenters. The Kier molecular flexibility index (Phi) is 3.86. The monoisotopic (exact) mass is 245 g/mol. The number of anilines is 1. The molecule has 1 saturated heterocycles. The molecule has 1 atom stereocenters. The van der Waals surface area contributed by atoms with Crippen LogP contribution in [-0.4, -0.2) is 44.2 Å². The lowest BCUT2D eigenvalue weighted by atomic mass is 10.2. The molecule has 2 heterocycles. The Balaban J connectivity index is 1.77. The van der Waals surface area contributed by atoms with Crippen molar-refractivity contribution in [2.75, 3.05) is 38.5 Å². The number of hydrogen-bond acceptors (Lipinski definition) is 4. The summed E-state index contributed by atoms with van der Waals surface area (Å²) in [6, 6.07) is 4.48. The van der Waals surface area contributed by atoms with E-state index in [0.29, 0.717) is 6.04 Å². The Morgan fingerprint density at radius 2 is 2.53 bits per heavy atom. The second kappa shape index (κ2) is 5.16. The van der Waals surface area contributed by atoms with Gasteiger partial charge in [0.25, 0.3) is 0 Å². The van der Waals surface area contributed by atoms with E-state index >= 15 is 0 Å². The fourth-order valence-corrected chi connectivity index (χ4v) is 2.71. The normalized spacial score (nSPS) is 22.9. The van der Waals surface area contributed by atoms with Crippen molar-refractivity contribution in [2.24, 2.45) is 0 Å². The highest BCUT2D eigenvalue weighted by Crippen LogP contribution is 2.25. The molecule has 1 aromatic rings. The van der Waals surface area contributed by atoms with Crippen molar-refractivity contribution in [1.29, 1.82) is 0 Å². The van der Waals surface area contributed by atoms with Crippen LogP contribution in [0.25, 0.3) is 0 Å². The summed E-state index contributed by atoms with van der Waals surface area (Å²) in [4.78, 5) is 2.35. The van der Waals surface area contributed by atoms with Gasteiger partial charge in [0.15, 0.2) is 0 Å². The number of likely N-dealkylation sites (N-methyl/N-ethyl adjacent to an activating group) is 1. The first-order chi connectivity index (χ1) is 7.24. The number of thiophene rings is 1. The first-order valence-corrected chi connectivity index (χ1v) is 6.34. The van der Waals surface area contributed by atoms with Crippen LogP contribution in [0, 0.1) is 0 Å². The zero-order chi connectivity index (χ0) is 10.7. The van der Waals surface area contributed by atoms with E-state index in [1.165, 1.54) is 0 Å².